The highest BCUT2D eigenvalue weighted by Crippen LogP contribution is 2.21. The molecule has 1 aromatic heterocycles. The maximum Gasteiger partial charge on any atom is 0.108 e. The fourth-order valence-electron chi connectivity index (χ4n) is 1.89. The Labute approximate surface area is 117 Å². The summed E-state index contributed by atoms with van der Waals surface area (Å²) in [6.07, 6.45) is 4.87. The van der Waals surface area contributed by atoms with Gasteiger partial charge in [-0.2, -0.15) is 0 Å². The second-order valence-corrected chi connectivity index (χ2v) is 5.85. The molecular formula is C14H19ClN2S. The predicted molar refractivity (Wildman–Crippen MR) is 80.5 cm³/mol. The van der Waals surface area contributed by atoms with Crippen molar-refractivity contribution in [2.75, 3.05) is 12.4 Å². The minimum atomic E-state index is 0.791. The molecule has 0 fully saturated rings. The summed E-state index contributed by atoms with van der Waals surface area (Å²) in [5.74, 6) is 0.791. The molecule has 1 heterocycles. The van der Waals surface area contributed by atoms with Gasteiger partial charge in [0.15, 0.2) is 0 Å². The Balaban J connectivity index is 1.67. The van der Waals surface area contributed by atoms with Gasteiger partial charge in [0.1, 0.15) is 5.01 Å². The van der Waals surface area contributed by atoms with Crippen LogP contribution in [0.5, 0.6) is 0 Å². The van der Waals surface area contributed by atoms with E-state index in [1.54, 1.807) is 11.3 Å². The van der Waals surface area contributed by atoms with Crippen molar-refractivity contribution in [1.82, 2.24) is 10.3 Å². The monoisotopic (exact) mass is 282 g/mol. The molecule has 0 aliphatic heterocycles. The lowest BCUT2D eigenvalue weighted by Crippen LogP contribution is -2.14. The van der Waals surface area contributed by atoms with Crippen molar-refractivity contribution in [2.45, 2.75) is 32.2 Å². The standard InChI is InChI=1S/C14H19ClN2S/c15-9-5-1-2-6-10-16-11-14-17-12-7-3-4-8-13(12)18-14/h3-4,7-8,16H,1-2,5-6,9-11H2. The molecule has 0 bridgehead atoms. The van der Waals surface area contributed by atoms with Gasteiger partial charge >= 0.3 is 0 Å². The number of fused-ring (bicyclic) bond motifs is 1. The van der Waals surface area contributed by atoms with E-state index in [0.29, 0.717) is 0 Å². The van der Waals surface area contributed by atoms with Gasteiger partial charge in [0.2, 0.25) is 0 Å². The van der Waals surface area contributed by atoms with Gasteiger partial charge in [0.25, 0.3) is 0 Å². The summed E-state index contributed by atoms with van der Waals surface area (Å²) in [6.45, 7) is 1.95. The zero-order chi connectivity index (χ0) is 12.6. The van der Waals surface area contributed by atoms with Gasteiger partial charge in [0, 0.05) is 12.4 Å². The van der Waals surface area contributed by atoms with Crippen LogP contribution in [0.3, 0.4) is 0 Å². The lowest BCUT2D eigenvalue weighted by atomic mass is 10.2. The maximum absolute atomic E-state index is 5.64. The van der Waals surface area contributed by atoms with E-state index in [-0.39, 0.29) is 0 Å². The second-order valence-electron chi connectivity index (χ2n) is 4.36. The van der Waals surface area contributed by atoms with Crippen LogP contribution < -0.4 is 5.32 Å². The number of alkyl halides is 1. The van der Waals surface area contributed by atoms with Crippen LogP contribution in [-0.4, -0.2) is 17.4 Å². The Kier molecular flexibility index (Phi) is 5.91. The average Bonchev–Trinajstić information content (AvgIpc) is 2.80. The number of unbranched alkanes of at least 4 members (excludes halogenated alkanes) is 3. The summed E-state index contributed by atoms with van der Waals surface area (Å²) in [7, 11) is 0. The predicted octanol–water partition coefficient (Wildman–Crippen LogP) is 4.19. The minimum Gasteiger partial charge on any atom is -0.310 e. The highest BCUT2D eigenvalue weighted by atomic mass is 35.5. The maximum atomic E-state index is 5.64. The molecule has 0 atom stereocenters. The van der Waals surface area contributed by atoms with Crippen molar-refractivity contribution in [2.24, 2.45) is 0 Å². The van der Waals surface area contributed by atoms with Crippen LogP contribution >= 0.6 is 22.9 Å². The fourth-order valence-corrected chi connectivity index (χ4v) is 3.01. The van der Waals surface area contributed by atoms with Crippen molar-refractivity contribution >= 4 is 33.2 Å². The smallest absolute Gasteiger partial charge is 0.108 e. The van der Waals surface area contributed by atoms with Crippen molar-refractivity contribution in [3.63, 3.8) is 0 Å². The number of nitrogens with one attached hydrogen (secondary N) is 1. The Morgan fingerprint density at radius 3 is 2.78 bits per heavy atom. The number of hydrogen-bond acceptors (Lipinski definition) is 3. The Morgan fingerprint density at radius 1 is 1.11 bits per heavy atom. The third-order valence-electron chi connectivity index (χ3n) is 2.85. The van der Waals surface area contributed by atoms with Gasteiger partial charge in [-0.1, -0.05) is 25.0 Å². The highest BCUT2D eigenvalue weighted by molar-refractivity contribution is 7.18. The van der Waals surface area contributed by atoms with Crippen LogP contribution in [0.25, 0.3) is 10.2 Å². The lowest BCUT2D eigenvalue weighted by molar-refractivity contribution is 0.598. The van der Waals surface area contributed by atoms with Crippen molar-refractivity contribution in [1.29, 1.82) is 0 Å². The first-order valence-corrected chi connectivity index (χ1v) is 7.86. The van der Waals surface area contributed by atoms with E-state index in [2.05, 4.69) is 28.5 Å². The summed E-state index contributed by atoms with van der Waals surface area (Å²) in [4.78, 5) is 4.60. The van der Waals surface area contributed by atoms with Crippen LogP contribution in [0.4, 0.5) is 0 Å². The molecule has 0 amide bonds. The summed E-state index contributed by atoms with van der Waals surface area (Å²) in [6, 6.07) is 8.30. The van der Waals surface area contributed by atoms with Crippen molar-refractivity contribution < 1.29 is 0 Å². The Bertz CT molecular complexity index is 437. The molecule has 4 heteroatoms. The highest BCUT2D eigenvalue weighted by Gasteiger charge is 2.01. The molecule has 1 N–H and O–H groups in total. The van der Waals surface area contributed by atoms with E-state index in [1.165, 1.54) is 29.0 Å². The van der Waals surface area contributed by atoms with Gasteiger partial charge in [0.05, 0.1) is 10.2 Å². The number of rotatable bonds is 8. The number of aromatic nitrogens is 1. The molecule has 0 aliphatic rings. The third-order valence-corrected chi connectivity index (χ3v) is 4.16. The molecule has 18 heavy (non-hydrogen) atoms. The Hall–Kier alpha value is -0.640. The van der Waals surface area contributed by atoms with E-state index < -0.39 is 0 Å². The molecule has 0 spiro atoms. The summed E-state index contributed by atoms with van der Waals surface area (Å²) in [5, 5.41) is 4.63. The molecular weight excluding hydrogens is 264 g/mol. The van der Waals surface area contributed by atoms with E-state index in [4.69, 9.17) is 11.6 Å². The largest absolute Gasteiger partial charge is 0.310 e. The van der Waals surface area contributed by atoms with Gasteiger partial charge < -0.3 is 5.32 Å². The summed E-state index contributed by atoms with van der Waals surface area (Å²) < 4.78 is 1.27. The number of para-hydroxylation sites is 1. The molecule has 2 aromatic rings. The summed E-state index contributed by atoms with van der Waals surface area (Å²) >= 11 is 7.42. The van der Waals surface area contributed by atoms with Gasteiger partial charge in [-0.25, -0.2) is 4.98 Å². The minimum absolute atomic E-state index is 0.791. The zero-order valence-electron chi connectivity index (χ0n) is 10.5. The molecule has 0 saturated heterocycles. The molecule has 0 radical (unpaired) electrons. The molecule has 2 rings (SSSR count). The fraction of sp³-hybridized carbons (Fsp3) is 0.500. The molecule has 1 aromatic carbocycles. The van der Waals surface area contributed by atoms with Gasteiger partial charge in [-0.15, -0.1) is 22.9 Å². The number of nitrogens with zero attached hydrogens (tertiary/aromatic N) is 1. The van der Waals surface area contributed by atoms with E-state index in [0.717, 1.165) is 30.9 Å². The van der Waals surface area contributed by atoms with Gasteiger partial charge in [-0.05, 0) is 31.5 Å². The first kappa shape index (κ1) is 13.8. The van der Waals surface area contributed by atoms with E-state index in [9.17, 15) is 0 Å². The molecule has 0 aliphatic carbocycles. The third kappa shape index (κ3) is 4.23. The zero-order valence-corrected chi connectivity index (χ0v) is 12.1. The number of halogens is 1. The normalized spacial score (nSPS) is 11.2. The number of benzene rings is 1. The van der Waals surface area contributed by atoms with Crippen molar-refractivity contribution in [3.8, 4) is 0 Å². The quantitative estimate of drug-likeness (QED) is 0.580. The topological polar surface area (TPSA) is 24.9 Å². The van der Waals surface area contributed by atoms with Crippen LogP contribution in [0.2, 0.25) is 0 Å². The second kappa shape index (κ2) is 7.72. The van der Waals surface area contributed by atoms with E-state index in [1.807, 2.05) is 6.07 Å². The molecule has 0 unspecified atom stereocenters. The molecule has 2 nitrogen and oxygen atoms in total. The lowest BCUT2D eigenvalue weighted by Gasteiger charge is -2.01. The van der Waals surface area contributed by atoms with Crippen LogP contribution in [0.15, 0.2) is 24.3 Å². The van der Waals surface area contributed by atoms with Crippen LogP contribution in [0.1, 0.15) is 30.7 Å². The van der Waals surface area contributed by atoms with Crippen LogP contribution in [-0.2, 0) is 6.54 Å². The van der Waals surface area contributed by atoms with Crippen molar-refractivity contribution in [3.05, 3.63) is 29.3 Å². The SMILES string of the molecule is ClCCCCCCNCc1nc2ccccc2s1. The number of hydrogen-bond donors (Lipinski definition) is 1. The van der Waals surface area contributed by atoms with Crippen LogP contribution in [0, 0.1) is 0 Å². The molecule has 98 valence electrons. The first-order chi connectivity index (χ1) is 8.90. The van der Waals surface area contributed by atoms with Gasteiger partial charge in [-0.3, -0.25) is 0 Å². The first-order valence-electron chi connectivity index (χ1n) is 6.51. The summed E-state index contributed by atoms with van der Waals surface area (Å²) in [5.41, 5.74) is 1.11. The Morgan fingerprint density at radius 2 is 1.94 bits per heavy atom. The van der Waals surface area contributed by atoms with E-state index >= 15 is 0 Å². The average molecular weight is 283 g/mol. The molecule has 0 saturated carbocycles. The number of thiazole rings is 1.